The molecule has 9 atom stereocenters. The predicted molar refractivity (Wildman–Crippen MR) is 65.7 cm³/mol. The molecule has 5 rings (SSSR count). The summed E-state index contributed by atoms with van der Waals surface area (Å²) in [5.41, 5.74) is 1.74. The molecule has 11 nitrogen and oxygen atoms in total. The van der Waals surface area contributed by atoms with Gasteiger partial charge < -0.3 is 51.2 Å². The zero-order valence-corrected chi connectivity index (χ0v) is 11.2. The lowest BCUT2D eigenvalue weighted by atomic mass is 9.55. The lowest BCUT2D eigenvalue weighted by Crippen LogP contribution is -2.95. The largest absolute Gasteiger partial charge is 0.393 e. The predicted octanol–water partition coefficient (Wildman–Crippen LogP) is -5.52. The van der Waals surface area contributed by atoms with Crippen molar-refractivity contribution in [2.45, 2.75) is 47.8 Å². The quantitative estimate of drug-likeness (QED) is 0.231. The van der Waals surface area contributed by atoms with Gasteiger partial charge in [0.15, 0.2) is 18.3 Å². The summed E-state index contributed by atoms with van der Waals surface area (Å²) in [4.78, 5) is 3.70. The third-order valence-electron chi connectivity index (χ3n) is 5.22. The van der Waals surface area contributed by atoms with Crippen LogP contribution in [-0.4, -0.2) is 91.0 Å². The van der Waals surface area contributed by atoms with Gasteiger partial charge >= 0.3 is 5.97 Å². The minimum absolute atomic E-state index is 0.250. The highest BCUT2D eigenvalue weighted by molar-refractivity contribution is 5.80. The molecule has 0 unspecified atom stereocenters. The molecule has 4 aliphatic heterocycles. The second kappa shape index (κ2) is 3.88. The van der Waals surface area contributed by atoms with Gasteiger partial charge in [0.05, 0.1) is 12.5 Å². The molecule has 0 aromatic heterocycles. The van der Waals surface area contributed by atoms with E-state index in [0.717, 1.165) is 0 Å². The van der Waals surface area contributed by atoms with Gasteiger partial charge in [-0.3, -0.25) is 0 Å². The van der Waals surface area contributed by atoms with E-state index in [1.807, 2.05) is 0 Å². The van der Waals surface area contributed by atoms with Gasteiger partial charge in [0, 0.05) is 0 Å². The maximum Gasteiger partial charge on any atom is 0.311 e. The summed E-state index contributed by atoms with van der Waals surface area (Å²) in [6.07, 6.45) is -7.77. The molecule has 1 spiro atoms. The Kier molecular flexibility index (Phi) is 2.57. The van der Waals surface area contributed by atoms with Crippen molar-refractivity contribution in [3.05, 3.63) is 0 Å². The highest BCUT2D eigenvalue weighted by atomic mass is 16.9. The number of aliphatic imine (C=N–C) groups is 1. The first-order chi connectivity index (χ1) is 10.2. The van der Waals surface area contributed by atoms with Crippen molar-refractivity contribution in [2.75, 3.05) is 6.61 Å². The number of hydrogen-bond donors (Lipinski definition) is 8. The Balaban J connectivity index is 1.95. The number of ether oxygens (including phenoxy) is 2. The number of hydrogen-bond acceptors (Lipinski definition) is 11. The van der Waals surface area contributed by atoms with Crippen molar-refractivity contribution in [3.63, 3.8) is 0 Å². The van der Waals surface area contributed by atoms with E-state index in [1.54, 1.807) is 0 Å². The third kappa shape index (κ3) is 1.28. The molecule has 4 heterocycles. The lowest BCUT2D eigenvalue weighted by Gasteiger charge is -2.71. The Morgan fingerprint density at radius 2 is 1.82 bits per heavy atom. The minimum atomic E-state index is -2.52. The highest BCUT2D eigenvalue weighted by Crippen LogP contribution is 2.58. The maximum atomic E-state index is 10.6. The molecule has 0 radical (unpaired) electrons. The van der Waals surface area contributed by atoms with Crippen molar-refractivity contribution in [3.8, 4) is 0 Å². The van der Waals surface area contributed by atoms with Crippen LogP contribution in [0, 0.1) is 5.92 Å². The summed E-state index contributed by atoms with van der Waals surface area (Å²) in [6, 6.07) is 0. The van der Waals surface area contributed by atoms with Crippen molar-refractivity contribution in [2.24, 2.45) is 16.6 Å². The minimum Gasteiger partial charge on any atom is -0.393 e. The second-order valence-corrected chi connectivity index (χ2v) is 6.22. The summed E-state index contributed by atoms with van der Waals surface area (Å²) in [5.74, 6) is -3.95. The van der Waals surface area contributed by atoms with Crippen LogP contribution in [0.2, 0.25) is 0 Å². The van der Waals surface area contributed by atoms with E-state index < -0.39 is 60.3 Å². The van der Waals surface area contributed by atoms with Crippen LogP contribution in [0.3, 0.4) is 0 Å². The smallest absolute Gasteiger partial charge is 0.311 e. The van der Waals surface area contributed by atoms with Crippen LogP contribution >= 0.6 is 0 Å². The van der Waals surface area contributed by atoms with E-state index in [0.29, 0.717) is 0 Å². The van der Waals surface area contributed by atoms with Crippen LogP contribution < -0.4 is 11.1 Å². The van der Waals surface area contributed by atoms with Gasteiger partial charge in [-0.25, -0.2) is 4.99 Å². The Bertz CT molecular complexity index is 561. The van der Waals surface area contributed by atoms with Gasteiger partial charge in [-0.15, -0.1) is 0 Å². The Hall–Kier alpha value is -1.05. The molecule has 9 N–H and O–H groups in total. The average molecular weight is 319 g/mol. The molecule has 4 fully saturated rings. The van der Waals surface area contributed by atoms with Crippen LogP contribution in [0.25, 0.3) is 0 Å². The monoisotopic (exact) mass is 319 g/mol. The van der Waals surface area contributed by atoms with Crippen molar-refractivity contribution in [1.82, 2.24) is 5.32 Å². The fraction of sp³-hybridized carbons (Fsp3) is 0.909. The fourth-order valence-corrected chi connectivity index (χ4v) is 4.24. The van der Waals surface area contributed by atoms with Gasteiger partial charge in [-0.1, -0.05) is 0 Å². The first kappa shape index (κ1) is 14.5. The van der Waals surface area contributed by atoms with Gasteiger partial charge in [0.25, 0.3) is 0 Å². The molecular weight excluding hydrogens is 302 g/mol. The molecule has 0 amide bonds. The number of aliphatic hydroxyl groups is 6. The van der Waals surface area contributed by atoms with Crippen LogP contribution in [0.15, 0.2) is 4.99 Å². The maximum absolute atomic E-state index is 10.6. The summed E-state index contributed by atoms with van der Waals surface area (Å²) in [7, 11) is 0. The summed E-state index contributed by atoms with van der Waals surface area (Å²) >= 11 is 0. The summed E-state index contributed by atoms with van der Waals surface area (Å²) in [6.45, 7) is -0.857. The number of rotatable bonds is 1. The van der Waals surface area contributed by atoms with Crippen LogP contribution in [-0.2, 0) is 9.47 Å². The van der Waals surface area contributed by atoms with Crippen LogP contribution in [0.4, 0.5) is 0 Å². The van der Waals surface area contributed by atoms with Gasteiger partial charge in [-0.2, -0.15) is 0 Å². The Labute approximate surface area is 123 Å². The molecule has 1 saturated carbocycles. The highest BCUT2D eigenvalue weighted by Gasteiger charge is 2.82. The summed E-state index contributed by atoms with van der Waals surface area (Å²) < 4.78 is 10.3. The zero-order valence-electron chi connectivity index (χ0n) is 11.2. The first-order valence-corrected chi connectivity index (χ1v) is 6.77. The first-order valence-electron chi connectivity index (χ1n) is 6.77. The van der Waals surface area contributed by atoms with Gasteiger partial charge in [0.2, 0.25) is 0 Å². The summed E-state index contributed by atoms with van der Waals surface area (Å²) in [5, 5.41) is 64.3. The number of nitrogens with one attached hydrogen (secondary N) is 1. The Morgan fingerprint density at radius 1 is 1.18 bits per heavy atom. The van der Waals surface area contributed by atoms with Crippen molar-refractivity contribution >= 4 is 5.96 Å². The number of nitrogens with zero attached hydrogens (tertiary/aromatic N) is 1. The van der Waals surface area contributed by atoms with Crippen LogP contribution in [0.1, 0.15) is 0 Å². The molecule has 1 aliphatic carbocycles. The normalized spacial score (nSPS) is 62.4. The Morgan fingerprint density at radius 3 is 2.45 bits per heavy atom. The zero-order chi connectivity index (χ0) is 16.1. The van der Waals surface area contributed by atoms with Gasteiger partial charge in [-0.05, 0) is 0 Å². The topological polar surface area (TPSA) is 190 Å². The van der Waals surface area contributed by atoms with E-state index in [-0.39, 0.29) is 5.96 Å². The van der Waals surface area contributed by atoms with Crippen LogP contribution in [0.5, 0.6) is 0 Å². The number of guanidine groups is 1. The fourth-order valence-electron chi connectivity index (χ4n) is 4.24. The van der Waals surface area contributed by atoms with E-state index in [9.17, 15) is 30.6 Å². The van der Waals surface area contributed by atoms with E-state index in [2.05, 4.69) is 10.3 Å². The molecule has 0 aromatic rings. The third-order valence-corrected chi connectivity index (χ3v) is 5.22. The van der Waals surface area contributed by atoms with Gasteiger partial charge in [0.1, 0.15) is 29.5 Å². The SMILES string of the molecule is NC1=N[C@@H](O)[C@@H]2[C@@H]3O[C@@]4(O)O[C@H]([C@H](O)[C@]2(N1)[C@H]4O)[C@@]3(O)CO. The van der Waals surface area contributed by atoms with E-state index in [1.165, 1.54) is 0 Å². The number of nitrogens with two attached hydrogens (primary N) is 1. The van der Waals surface area contributed by atoms with Crippen molar-refractivity contribution in [1.29, 1.82) is 0 Å². The molecule has 124 valence electrons. The molecular formula is C11H17N3O8. The molecule has 3 saturated heterocycles. The molecule has 11 heteroatoms. The standard InChI is InChI=1S/C11H17N3O8/c12-8-13-6(17)2-4-9(19,1-15)5-3(16)10(2,14-8)7(18)11(20,21-4)22-5/h2-7,15-20H,1H2,(H3,12,13,14)/t2-,3-,4-,5+,6-,7+,9+,10-,11+/m0/s1. The number of aliphatic hydroxyl groups excluding tert-OH is 4. The molecule has 0 aromatic carbocycles. The van der Waals surface area contributed by atoms with E-state index in [4.69, 9.17) is 15.2 Å². The second-order valence-electron chi connectivity index (χ2n) is 6.22. The van der Waals surface area contributed by atoms with Crippen molar-refractivity contribution < 1.29 is 40.1 Å². The van der Waals surface area contributed by atoms with E-state index >= 15 is 0 Å². The molecule has 22 heavy (non-hydrogen) atoms. The lowest BCUT2D eigenvalue weighted by molar-refractivity contribution is -0.548. The molecule has 4 bridgehead atoms. The average Bonchev–Trinajstić information content (AvgIpc) is 2.45. The molecule has 5 aliphatic rings.